The number of hydrogen-bond donors (Lipinski definition) is 3. The molecule has 11 nitrogen and oxygen atoms in total. The number of hydrogen-bond acceptors (Lipinski definition) is 9. The lowest BCUT2D eigenvalue weighted by atomic mass is 10.2. The van der Waals surface area contributed by atoms with Crippen LogP contribution in [0.3, 0.4) is 0 Å². The molecular weight excluding hydrogens is 764 g/mol. The molecule has 0 aromatic heterocycles. The second-order valence-electron chi connectivity index (χ2n) is 9.98. The lowest BCUT2D eigenvalue weighted by Crippen LogP contribution is -2.23. The molecule has 0 fully saturated rings. The van der Waals surface area contributed by atoms with Crippen LogP contribution < -0.4 is 9.44 Å². The predicted molar refractivity (Wildman–Crippen MR) is 183 cm³/mol. The maximum atomic E-state index is 12.0. The minimum absolute atomic E-state index is 0. The third kappa shape index (κ3) is 18.9. The first-order valence-electron chi connectivity index (χ1n) is 13.4. The molecule has 0 unspecified atom stereocenters. The van der Waals surface area contributed by atoms with Crippen molar-refractivity contribution in [3.05, 3.63) is 56.5 Å². The van der Waals surface area contributed by atoms with Gasteiger partial charge in [-0.05, 0) is 79.1 Å². The Kier molecular flexibility index (Phi) is 22.4. The molecule has 0 aliphatic heterocycles. The summed E-state index contributed by atoms with van der Waals surface area (Å²) in [7, 11) is -10.6. The minimum atomic E-state index is -3.62. The van der Waals surface area contributed by atoms with Gasteiger partial charge >= 0.3 is 0 Å². The monoisotopic (exact) mass is 810 g/mol. The quantitative estimate of drug-likeness (QED) is 0.212. The summed E-state index contributed by atoms with van der Waals surface area (Å²) in [6, 6.07) is 9.72. The molecule has 0 aliphatic rings. The summed E-state index contributed by atoms with van der Waals surface area (Å²) in [5.74, 6) is 0.899. The Hall–Kier alpha value is -0.950. The molecule has 3 N–H and O–H groups in total. The molecule has 0 amide bonds. The number of benzene rings is 2. The molecule has 16 heteroatoms. The third-order valence-electron chi connectivity index (χ3n) is 4.76. The SMILES string of the molecule is C.CC(C)CO.CCNS(=O)(=O)c1cc(COCC(C)C)ccc1Br.CCNS(=O)(=O)c1cc(COS(C)(=O)=O)ccc1Br. The van der Waals surface area contributed by atoms with E-state index in [1.54, 1.807) is 32.0 Å². The van der Waals surface area contributed by atoms with E-state index < -0.39 is 30.2 Å². The van der Waals surface area contributed by atoms with Gasteiger partial charge in [-0.2, -0.15) is 8.42 Å². The zero-order valence-electron chi connectivity index (χ0n) is 25.6. The molecule has 0 aliphatic carbocycles. The Morgan fingerprint density at radius 3 is 1.45 bits per heavy atom. The molecule has 2 rings (SSSR count). The van der Waals surface area contributed by atoms with Gasteiger partial charge in [0.2, 0.25) is 20.0 Å². The highest BCUT2D eigenvalue weighted by atomic mass is 79.9. The number of halogens is 2. The van der Waals surface area contributed by atoms with E-state index in [4.69, 9.17) is 9.84 Å². The second-order valence-corrected chi connectivity index (χ2v) is 16.8. The van der Waals surface area contributed by atoms with Crippen LogP contribution in [0.1, 0.15) is 60.1 Å². The highest BCUT2D eigenvalue weighted by molar-refractivity contribution is 9.10. The maximum absolute atomic E-state index is 12.0. The summed E-state index contributed by atoms with van der Waals surface area (Å²) in [4.78, 5) is 0.295. The van der Waals surface area contributed by atoms with Crippen molar-refractivity contribution < 1.29 is 39.3 Å². The highest BCUT2D eigenvalue weighted by Gasteiger charge is 2.18. The van der Waals surface area contributed by atoms with Gasteiger partial charge in [-0.15, -0.1) is 0 Å². The topological polar surface area (TPSA) is 165 Å². The van der Waals surface area contributed by atoms with Crippen LogP contribution in [0, 0.1) is 11.8 Å². The van der Waals surface area contributed by atoms with Gasteiger partial charge in [0.05, 0.1) is 29.3 Å². The maximum Gasteiger partial charge on any atom is 0.264 e. The highest BCUT2D eigenvalue weighted by Crippen LogP contribution is 2.24. The molecule has 0 heterocycles. The summed E-state index contributed by atoms with van der Waals surface area (Å²) in [6.45, 7) is 13.3. The van der Waals surface area contributed by atoms with Gasteiger partial charge in [-0.1, -0.05) is 61.1 Å². The summed E-state index contributed by atoms with van der Waals surface area (Å²) < 4.78 is 85.6. The fourth-order valence-electron chi connectivity index (χ4n) is 2.81. The largest absolute Gasteiger partial charge is 0.396 e. The van der Waals surface area contributed by atoms with Gasteiger partial charge in [0.1, 0.15) is 0 Å². The smallest absolute Gasteiger partial charge is 0.264 e. The number of rotatable bonds is 14. The first-order chi connectivity index (χ1) is 19.8. The van der Waals surface area contributed by atoms with E-state index in [0.29, 0.717) is 52.7 Å². The van der Waals surface area contributed by atoms with Crippen LogP contribution in [0.4, 0.5) is 0 Å². The zero-order valence-corrected chi connectivity index (χ0v) is 31.2. The molecule has 0 atom stereocenters. The molecule has 2 aromatic rings. The minimum Gasteiger partial charge on any atom is -0.396 e. The van der Waals surface area contributed by atoms with Crippen molar-refractivity contribution in [3.63, 3.8) is 0 Å². The molecule has 0 saturated carbocycles. The van der Waals surface area contributed by atoms with Crippen LogP contribution in [0.2, 0.25) is 0 Å². The first kappa shape index (κ1) is 45.2. The van der Waals surface area contributed by atoms with E-state index in [9.17, 15) is 25.3 Å². The Balaban J connectivity index is 0. The molecule has 0 radical (unpaired) electrons. The number of aliphatic hydroxyl groups excluding tert-OH is 1. The van der Waals surface area contributed by atoms with Gasteiger partial charge in [-0.25, -0.2) is 26.3 Å². The van der Waals surface area contributed by atoms with Gasteiger partial charge in [0, 0.05) is 35.2 Å². The van der Waals surface area contributed by atoms with Crippen LogP contribution in [0.5, 0.6) is 0 Å². The van der Waals surface area contributed by atoms with Gasteiger partial charge in [-0.3, -0.25) is 4.18 Å². The number of sulfonamides is 2. The van der Waals surface area contributed by atoms with Crippen molar-refractivity contribution in [1.82, 2.24) is 9.44 Å². The van der Waals surface area contributed by atoms with E-state index >= 15 is 0 Å². The standard InChI is InChI=1S/C13H20BrNO3S.C10H14BrNO5S2.C4H10O.CH4/c1-4-15-19(16,17)13-7-11(5-6-12(13)14)9-18-8-10(2)3;1-3-12-19(15,16)10-6-8(4-5-9(10)11)7-17-18(2,13)14;1-4(2)3-5;/h5-7,10,15H,4,8-9H2,1-3H3;4-6,12H,3,7H2,1-2H3;4-5H,3H2,1-2H3;1H4. The van der Waals surface area contributed by atoms with Crippen molar-refractivity contribution in [2.24, 2.45) is 11.8 Å². The molecular formula is C28H48Br2N2O9S3. The van der Waals surface area contributed by atoms with E-state index in [-0.39, 0.29) is 30.4 Å². The van der Waals surface area contributed by atoms with Crippen molar-refractivity contribution in [1.29, 1.82) is 0 Å². The van der Waals surface area contributed by atoms with Crippen LogP contribution >= 0.6 is 31.9 Å². The van der Waals surface area contributed by atoms with E-state index in [0.717, 1.165) is 11.8 Å². The Morgan fingerprint density at radius 2 is 1.14 bits per heavy atom. The molecule has 44 heavy (non-hydrogen) atoms. The molecule has 256 valence electrons. The number of ether oxygens (including phenoxy) is 1. The van der Waals surface area contributed by atoms with Crippen LogP contribution in [0.25, 0.3) is 0 Å². The summed E-state index contributed by atoms with van der Waals surface area (Å²) in [5, 5.41) is 8.14. The van der Waals surface area contributed by atoms with Crippen LogP contribution in [-0.4, -0.2) is 62.9 Å². The molecule has 0 spiro atoms. The lowest BCUT2D eigenvalue weighted by Gasteiger charge is -2.10. The molecule has 2 aromatic carbocycles. The fourth-order valence-corrected chi connectivity index (χ4v) is 7.27. The predicted octanol–water partition coefficient (Wildman–Crippen LogP) is 5.41. The molecule has 0 saturated heterocycles. The van der Waals surface area contributed by atoms with Gasteiger partial charge in [0.25, 0.3) is 10.1 Å². The van der Waals surface area contributed by atoms with E-state index in [1.807, 2.05) is 19.9 Å². The van der Waals surface area contributed by atoms with Gasteiger partial charge in [0.15, 0.2) is 0 Å². The van der Waals surface area contributed by atoms with Gasteiger partial charge < -0.3 is 9.84 Å². The Bertz CT molecular complexity index is 1450. The number of nitrogens with one attached hydrogen (secondary N) is 2. The second kappa shape index (κ2) is 21.8. The average molecular weight is 813 g/mol. The normalized spacial score (nSPS) is 11.7. The van der Waals surface area contributed by atoms with Crippen LogP contribution in [-0.2, 0) is 52.3 Å². The lowest BCUT2D eigenvalue weighted by molar-refractivity contribution is 0.0969. The Labute approximate surface area is 282 Å². The van der Waals surface area contributed by atoms with Crippen molar-refractivity contribution in [2.75, 3.05) is 32.6 Å². The number of aliphatic hydroxyl groups is 1. The zero-order chi connectivity index (χ0) is 33.4. The summed E-state index contributed by atoms with van der Waals surface area (Å²) in [5.41, 5.74) is 1.30. The van der Waals surface area contributed by atoms with Crippen LogP contribution in [0.15, 0.2) is 55.1 Å². The molecule has 0 bridgehead atoms. The first-order valence-corrected chi connectivity index (χ1v) is 19.8. The summed E-state index contributed by atoms with van der Waals surface area (Å²) >= 11 is 6.42. The van der Waals surface area contributed by atoms with Crippen molar-refractivity contribution >= 4 is 62.0 Å². The van der Waals surface area contributed by atoms with E-state index in [1.165, 1.54) is 12.1 Å². The third-order valence-corrected chi connectivity index (χ3v) is 10.4. The van der Waals surface area contributed by atoms with E-state index in [2.05, 4.69) is 59.3 Å². The van der Waals surface area contributed by atoms with Crippen molar-refractivity contribution in [2.45, 2.75) is 72.0 Å². The Morgan fingerprint density at radius 1 is 0.750 bits per heavy atom. The van der Waals surface area contributed by atoms with Crippen molar-refractivity contribution in [3.8, 4) is 0 Å². The fraction of sp³-hybridized carbons (Fsp3) is 0.571. The summed E-state index contributed by atoms with van der Waals surface area (Å²) in [6.07, 6.45) is 0.933. The average Bonchev–Trinajstić information content (AvgIpc) is 2.89.